The minimum absolute atomic E-state index is 0.0236. The average molecular weight is 225 g/mol. The summed E-state index contributed by atoms with van der Waals surface area (Å²) in [5, 5.41) is 0. The lowest BCUT2D eigenvalue weighted by atomic mass is 10.1. The molecule has 16 heavy (non-hydrogen) atoms. The molecule has 0 aliphatic carbocycles. The lowest BCUT2D eigenvalue weighted by Gasteiger charge is -2.07. The van der Waals surface area contributed by atoms with Crippen LogP contribution in [0.4, 0.5) is 0 Å². The monoisotopic (exact) mass is 225 g/mol. The van der Waals surface area contributed by atoms with Crippen molar-refractivity contribution >= 4 is 12.2 Å². The van der Waals surface area contributed by atoms with E-state index in [1.165, 1.54) is 0 Å². The third kappa shape index (κ3) is 8.21. The van der Waals surface area contributed by atoms with E-state index in [4.69, 9.17) is 4.74 Å². The quantitative estimate of drug-likeness (QED) is 0.379. The van der Waals surface area contributed by atoms with Gasteiger partial charge in [0.25, 0.3) is 0 Å². The van der Waals surface area contributed by atoms with Gasteiger partial charge in [0.1, 0.15) is 6.61 Å². The Hall–Kier alpha value is -1.12. The number of hydrogen-bond acceptors (Lipinski definition) is 3. The number of esters is 1. The van der Waals surface area contributed by atoms with E-state index in [0.717, 1.165) is 12.8 Å². The van der Waals surface area contributed by atoms with Crippen LogP contribution in [0.2, 0.25) is 0 Å². The van der Waals surface area contributed by atoms with Crippen LogP contribution in [0.15, 0.2) is 17.1 Å². The molecular weight excluding hydrogens is 202 g/mol. The van der Waals surface area contributed by atoms with Crippen molar-refractivity contribution in [1.82, 2.24) is 0 Å². The second-order valence-electron chi connectivity index (χ2n) is 4.53. The zero-order chi connectivity index (χ0) is 12.6. The highest BCUT2D eigenvalue weighted by Crippen LogP contribution is 2.02. The van der Waals surface area contributed by atoms with Gasteiger partial charge in [0, 0.05) is 5.57 Å². The van der Waals surface area contributed by atoms with Crippen molar-refractivity contribution in [3.8, 4) is 0 Å². The first-order chi connectivity index (χ1) is 7.43. The van der Waals surface area contributed by atoms with Gasteiger partial charge in [0.15, 0.2) is 0 Å². The SMILES string of the molecule is C=C(C)C(=O)OCC(C)N=CCCC(C)C. The molecule has 3 heteroatoms. The zero-order valence-electron chi connectivity index (χ0n) is 10.8. The Morgan fingerprint density at radius 3 is 2.56 bits per heavy atom. The van der Waals surface area contributed by atoms with E-state index in [1.807, 2.05) is 13.1 Å². The van der Waals surface area contributed by atoms with Crippen molar-refractivity contribution in [1.29, 1.82) is 0 Å². The van der Waals surface area contributed by atoms with Crippen LogP contribution in [-0.2, 0) is 9.53 Å². The fourth-order valence-corrected chi connectivity index (χ4v) is 1.02. The molecule has 0 fully saturated rings. The number of rotatable bonds is 7. The zero-order valence-corrected chi connectivity index (χ0v) is 10.8. The van der Waals surface area contributed by atoms with Gasteiger partial charge < -0.3 is 4.74 Å². The van der Waals surface area contributed by atoms with E-state index in [9.17, 15) is 4.79 Å². The Kier molecular flexibility index (Phi) is 7.52. The second kappa shape index (κ2) is 8.08. The second-order valence-corrected chi connectivity index (χ2v) is 4.53. The van der Waals surface area contributed by atoms with Crippen molar-refractivity contribution in [3.05, 3.63) is 12.2 Å². The molecule has 1 atom stereocenters. The Morgan fingerprint density at radius 1 is 1.44 bits per heavy atom. The van der Waals surface area contributed by atoms with E-state index in [1.54, 1.807) is 6.92 Å². The van der Waals surface area contributed by atoms with Crippen molar-refractivity contribution < 1.29 is 9.53 Å². The molecule has 0 N–H and O–H groups in total. The number of carbonyl (C=O) groups is 1. The molecule has 0 aromatic carbocycles. The fraction of sp³-hybridized carbons (Fsp3) is 0.692. The number of nitrogens with zero attached hydrogens (tertiary/aromatic N) is 1. The molecule has 0 saturated carbocycles. The Balaban J connectivity index is 3.69. The van der Waals surface area contributed by atoms with Crippen LogP contribution in [0.5, 0.6) is 0 Å². The molecule has 92 valence electrons. The summed E-state index contributed by atoms with van der Waals surface area (Å²) < 4.78 is 4.99. The molecular formula is C13H23NO2. The molecule has 0 bridgehead atoms. The van der Waals surface area contributed by atoms with Crippen LogP contribution in [-0.4, -0.2) is 24.8 Å². The molecule has 0 spiro atoms. The van der Waals surface area contributed by atoms with Gasteiger partial charge in [-0.3, -0.25) is 4.99 Å². The van der Waals surface area contributed by atoms with Gasteiger partial charge in [-0.2, -0.15) is 0 Å². The maximum Gasteiger partial charge on any atom is 0.333 e. The van der Waals surface area contributed by atoms with Gasteiger partial charge in [-0.15, -0.1) is 0 Å². The van der Waals surface area contributed by atoms with Gasteiger partial charge in [0.05, 0.1) is 6.04 Å². The van der Waals surface area contributed by atoms with Gasteiger partial charge in [-0.05, 0) is 38.8 Å². The minimum Gasteiger partial charge on any atom is -0.460 e. The van der Waals surface area contributed by atoms with Crippen molar-refractivity contribution in [2.45, 2.75) is 46.6 Å². The Labute approximate surface area is 98.6 Å². The highest BCUT2D eigenvalue weighted by atomic mass is 16.5. The van der Waals surface area contributed by atoms with Gasteiger partial charge in [0.2, 0.25) is 0 Å². The average Bonchev–Trinajstić information content (AvgIpc) is 2.20. The standard InChI is InChI=1S/C13H23NO2/c1-10(2)7-6-8-14-12(5)9-16-13(15)11(3)4/h8,10,12H,3,6-7,9H2,1-2,4-5H3. The predicted molar refractivity (Wildman–Crippen MR) is 67.8 cm³/mol. The molecule has 3 nitrogen and oxygen atoms in total. The summed E-state index contributed by atoms with van der Waals surface area (Å²) in [7, 11) is 0. The van der Waals surface area contributed by atoms with Crippen LogP contribution in [0.1, 0.15) is 40.5 Å². The number of aliphatic imine (C=N–C) groups is 1. The molecule has 0 amide bonds. The van der Waals surface area contributed by atoms with Gasteiger partial charge >= 0.3 is 5.97 Å². The predicted octanol–water partition coefficient (Wildman–Crippen LogP) is 3.00. The van der Waals surface area contributed by atoms with Crippen molar-refractivity contribution in [2.75, 3.05) is 6.61 Å². The lowest BCUT2D eigenvalue weighted by molar-refractivity contribution is -0.139. The van der Waals surface area contributed by atoms with Crippen molar-refractivity contribution in [2.24, 2.45) is 10.9 Å². The molecule has 0 aromatic heterocycles. The number of ether oxygens (including phenoxy) is 1. The summed E-state index contributed by atoms with van der Waals surface area (Å²) in [4.78, 5) is 15.4. The van der Waals surface area contributed by atoms with E-state index >= 15 is 0 Å². The summed E-state index contributed by atoms with van der Waals surface area (Å²) >= 11 is 0. The first-order valence-corrected chi connectivity index (χ1v) is 5.77. The first-order valence-electron chi connectivity index (χ1n) is 5.77. The maximum atomic E-state index is 11.1. The molecule has 1 unspecified atom stereocenters. The van der Waals surface area contributed by atoms with Crippen LogP contribution >= 0.6 is 0 Å². The molecule has 0 aromatic rings. The van der Waals surface area contributed by atoms with Gasteiger partial charge in [-0.25, -0.2) is 4.79 Å². The van der Waals surface area contributed by atoms with Crippen LogP contribution in [0.3, 0.4) is 0 Å². The molecule has 0 aliphatic heterocycles. The number of hydrogen-bond donors (Lipinski definition) is 0. The third-order valence-corrected chi connectivity index (χ3v) is 2.04. The van der Waals surface area contributed by atoms with E-state index < -0.39 is 0 Å². The largest absolute Gasteiger partial charge is 0.460 e. The highest BCUT2D eigenvalue weighted by molar-refractivity contribution is 5.86. The summed E-state index contributed by atoms with van der Waals surface area (Å²) in [6, 6.07) is 0.0236. The summed E-state index contributed by atoms with van der Waals surface area (Å²) in [6.45, 7) is 11.8. The van der Waals surface area contributed by atoms with E-state index in [2.05, 4.69) is 25.4 Å². The Bertz CT molecular complexity index is 257. The number of carbonyl (C=O) groups excluding carboxylic acids is 1. The molecule has 0 heterocycles. The molecule has 0 aliphatic rings. The lowest BCUT2D eigenvalue weighted by Crippen LogP contribution is -2.14. The van der Waals surface area contributed by atoms with Crippen molar-refractivity contribution in [3.63, 3.8) is 0 Å². The summed E-state index contributed by atoms with van der Waals surface area (Å²) in [6.07, 6.45) is 4.04. The Morgan fingerprint density at radius 2 is 2.06 bits per heavy atom. The summed E-state index contributed by atoms with van der Waals surface area (Å²) in [5.41, 5.74) is 0.427. The van der Waals surface area contributed by atoms with Crippen LogP contribution < -0.4 is 0 Å². The third-order valence-electron chi connectivity index (χ3n) is 2.04. The summed E-state index contributed by atoms with van der Waals surface area (Å²) in [5.74, 6) is 0.354. The minimum atomic E-state index is -0.343. The molecule has 0 saturated heterocycles. The van der Waals surface area contributed by atoms with Gasteiger partial charge in [-0.1, -0.05) is 20.4 Å². The molecule has 0 radical (unpaired) electrons. The van der Waals surface area contributed by atoms with Crippen LogP contribution in [0.25, 0.3) is 0 Å². The van der Waals surface area contributed by atoms with E-state index in [-0.39, 0.29) is 12.0 Å². The van der Waals surface area contributed by atoms with E-state index in [0.29, 0.717) is 18.1 Å². The fourth-order valence-electron chi connectivity index (χ4n) is 1.02. The highest BCUT2D eigenvalue weighted by Gasteiger charge is 2.05. The topological polar surface area (TPSA) is 38.7 Å². The smallest absolute Gasteiger partial charge is 0.333 e. The van der Waals surface area contributed by atoms with Crippen LogP contribution in [0, 0.1) is 5.92 Å². The maximum absolute atomic E-state index is 11.1. The normalized spacial score (nSPS) is 13.1. The molecule has 0 rings (SSSR count). The first kappa shape index (κ1) is 14.9.